The monoisotopic (exact) mass is 252 g/mol. The van der Waals surface area contributed by atoms with Crippen molar-refractivity contribution in [2.24, 2.45) is 11.3 Å². The second-order valence-corrected chi connectivity index (χ2v) is 5.38. The molecule has 0 saturated heterocycles. The van der Waals surface area contributed by atoms with Crippen molar-refractivity contribution in [2.75, 3.05) is 6.54 Å². The van der Waals surface area contributed by atoms with Gasteiger partial charge in [-0.15, -0.1) is 10.2 Å². The van der Waals surface area contributed by atoms with Crippen molar-refractivity contribution in [3.05, 3.63) is 11.6 Å². The zero-order valence-electron chi connectivity index (χ0n) is 12.7. The average Bonchev–Trinajstić information content (AvgIpc) is 2.65. The summed E-state index contributed by atoms with van der Waals surface area (Å²) >= 11 is 0. The summed E-state index contributed by atoms with van der Waals surface area (Å²) in [4.78, 5) is 0. The fourth-order valence-electron chi connectivity index (χ4n) is 2.21. The topological polar surface area (TPSA) is 42.7 Å². The van der Waals surface area contributed by atoms with Crippen LogP contribution in [-0.4, -0.2) is 21.3 Å². The molecule has 0 aromatic carbocycles. The summed E-state index contributed by atoms with van der Waals surface area (Å²) in [5.41, 5.74) is 0.289. The fourth-order valence-corrected chi connectivity index (χ4v) is 2.21. The van der Waals surface area contributed by atoms with Crippen LogP contribution >= 0.6 is 0 Å². The second kappa shape index (κ2) is 6.32. The maximum absolute atomic E-state index is 4.26. The molecule has 1 aromatic heterocycles. The van der Waals surface area contributed by atoms with E-state index in [1.54, 1.807) is 0 Å². The molecule has 0 bridgehead atoms. The lowest BCUT2D eigenvalue weighted by atomic mass is 9.79. The molecule has 0 spiro atoms. The summed E-state index contributed by atoms with van der Waals surface area (Å²) < 4.78 is 2.31. The first-order valence-corrected chi connectivity index (χ1v) is 7.18. The van der Waals surface area contributed by atoms with Gasteiger partial charge in [-0.2, -0.15) is 0 Å². The normalized spacial score (nSPS) is 23.1. The van der Waals surface area contributed by atoms with Crippen molar-refractivity contribution in [1.82, 2.24) is 20.1 Å². The van der Waals surface area contributed by atoms with Gasteiger partial charge in [0.15, 0.2) is 0 Å². The van der Waals surface area contributed by atoms with E-state index in [4.69, 9.17) is 0 Å². The fraction of sp³-hybridized carbons (Fsp3) is 0.857. The van der Waals surface area contributed by atoms with E-state index in [1.807, 2.05) is 13.8 Å². The molecule has 0 radical (unpaired) electrons. The van der Waals surface area contributed by atoms with E-state index < -0.39 is 0 Å². The van der Waals surface area contributed by atoms with Gasteiger partial charge in [0.05, 0.1) is 6.54 Å². The Hall–Kier alpha value is -0.900. The number of aromatic nitrogens is 3. The highest BCUT2D eigenvalue weighted by Gasteiger charge is 2.32. The molecule has 4 nitrogen and oxygen atoms in total. The summed E-state index contributed by atoms with van der Waals surface area (Å²) in [6.07, 6.45) is 0.959. The Labute approximate surface area is 111 Å². The maximum atomic E-state index is 4.26. The molecule has 1 N–H and O–H groups in total. The SMILES string of the molecule is CC.CCc1nnc2n1CC(C)(C(C)C)CNC2. The third kappa shape index (κ3) is 2.91. The van der Waals surface area contributed by atoms with Gasteiger partial charge in [0.25, 0.3) is 0 Å². The number of nitrogens with zero attached hydrogens (tertiary/aromatic N) is 3. The molecule has 18 heavy (non-hydrogen) atoms. The highest BCUT2D eigenvalue weighted by molar-refractivity contribution is 5.00. The molecule has 1 aromatic rings. The van der Waals surface area contributed by atoms with Gasteiger partial charge in [-0.1, -0.05) is 41.5 Å². The van der Waals surface area contributed by atoms with E-state index in [2.05, 4.69) is 47.8 Å². The van der Waals surface area contributed by atoms with E-state index >= 15 is 0 Å². The van der Waals surface area contributed by atoms with Crippen LogP contribution in [0.5, 0.6) is 0 Å². The average molecular weight is 252 g/mol. The molecule has 1 atom stereocenters. The summed E-state index contributed by atoms with van der Waals surface area (Å²) in [5, 5.41) is 12.0. The summed E-state index contributed by atoms with van der Waals surface area (Å²) in [6, 6.07) is 0. The van der Waals surface area contributed by atoms with Crippen LogP contribution in [0.2, 0.25) is 0 Å². The first kappa shape index (κ1) is 15.2. The number of fused-ring (bicyclic) bond motifs is 1. The number of hydrogen-bond donors (Lipinski definition) is 1. The number of rotatable bonds is 2. The van der Waals surface area contributed by atoms with Gasteiger partial charge in [0.2, 0.25) is 0 Å². The first-order valence-electron chi connectivity index (χ1n) is 7.18. The molecule has 1 aliphatic rings. The lowest BCUT2D eigenvalue weighted by molar-refractivity contribution is 0.183. The van der Waals surface area contributed by atoms with Crippen LogP contribution in [0.4, 0.5) is 0 Å². The third-order valence-electron chi connectivity index (χ3n) is 3.95. The molecule has 0 aliphatic carbocycles. The lowest BCUT2D eigenvalue weighted by Crippen LogP contribution is -2.37. The van der Waals surface area contributed by atoms with Crippen molar-refractivity contribution in [3.8, 4) is 0 Å². The molecule has 0 amide bonds. The number of nitrogens with one attached hydrogen (secondary N) is 1. The van der Waals surface area contributed by atoms with Crippen LogP contribution in [0, 0.1) is 11.3 Å². The standard InChI is InChI=1S/C12H22N4.C2H6/c1-5-10-14-15-11-6-13-7-12(4,9(2)3)8-16(10)11;1-2/h9,13H,5-8H2,1-4H3;1-2H3. The van der Waals surface area contributed by atoms with Crippen LogP contribution in [0.3, 0.4) is 0 Å². The highest BCUT2D eigenvalue weighted by atomic mass is 15.3. The van der Waals surface area contributed by atoms with Gasteiger partial charge in [0, 0.05) is 24.9 Å². The van der Waals surface area contributed by atoms with Gasteiger partial charge >= 0.3 is 0 Å². The van der Waals surface area contributed by atoms with Crippen molar-refractivity contribution < 1.29 is 0 Å². The second-order valence-electron chi connectivity index (χ2n) is 5.38. The number of aryl methyl sites for hydroxylation is 1. The van der Waals surface area contributed by atoms with Gasteiger partial charge < -0.3 is 9.88 Å². The summed E-state index contributed by atoms with van der Waals surface area (Å²) in [6.45, 7) is 16.0. The van der Waals surface area contributed by atoms with Crippen molar-refractivity contribution >= 4 is 0 Å². The molecule has 2 heterocycles. The number of hydrogen-bond acceptors (Lipinski definition) is 3. The third-order valence-corrected chi connectivity index (χ3v) is 3.95. The van der Waals surface area contributed by atoms with Crippen LogP contribution < -0.4 is 5.32 Å². The molecule has 1 aliphatic heterocycles. The molecular formula is C14H28N4. The minimum Gasteiger partial charge on any atom is -0.313 e. The van der Waals surface area contributed by atoms with E-state index in [-0.39, 0.29) is 5.41 Å². The molecule has 104 valence electrons. The Bertz CT molecular complexity index is 370. The minimum absolute atomic E-state index is 0.289. The molecule has 0 saturated carbocycles. The molecule has 4 heteroatoms. The van der Waals surface area contributed by atoms with Gasteiger partial charge in [-0.3, -0.25) is 0 Å². The summed E-state index contributed by atoms with van der Waals surface area (Å²) in [5.74, 6) is 2.85. The first-order chi connectivity index (χ1) is 8.57. The van der Waals surface area contributed by atoms with E-state index in [0.29, 0.717) is 5.92 Å². The maximum Gasteiger partial charge on any atom is 0.147 e. The molecule has 0 fully saturated rings. The lowest BCUT2D eigenvalue weighted by Gasteiger charge is -2.33. The molecular weight excluding hydrogens is 224 g/mol. The van der Waals surface area contributed by atoms with Gasteiger partial charge in [-0.05, 0) is 5.92 Å². The van der Waals surface area contributed by atoms with Crippen molar-refractivity contribution in [3.63, 3.8) is 0 Å². The van der Waals surface area contributed by atoms with E-state index in [9.17, 15) is 0 Å². The zero-order valence-corrected chi connectivity index (χ0v) is 12.7. The van der Waals surface area contributed by atoms with Gasteiger partial charge in [0.1, 0.15) is 11.6 Å². The van der Waals surface area contributed by atoms with Crippen LogP contribution in [-0.2, 0) is 19.5 Å². The van der Waals surface area contributed by atoms with Crippen molar-refractivity contribution in [1.29, 1.82) is 0 Å². The Morgan fingerprint density at radius 2 is 2.00 bits per heavy atom. The van der Waals surface area contributed by atoms with E-state index in [0.717, 1.165) is 37.7 Å². The zero-order chi connectivity index (χ0) is 13.8. The molecule has 2 rings (SSSR count). The Morgan fingerprint density at radius 1 is 1.33 bits per heavy atom. The van der Waals surface area contributed by atoms with Crippen LogP contribution in [0.1, 0.15) is 53.2 Å². The largest absolute Gasteiger partial charge is 0.313 e. The minimum atomic E-state index is 0.289. The predicted octanol–water partition coefficient (Wildman–Crippen LogP) is 2.63. The van der Waals surface area contributed by atoms with Crippen LogP contribution in [0.25, 0.3) is 0 Å². The van der Waals surface area contributed by atoms with Crippen LogP contribution in [0.15, 0.2) is 0 Å². The van der Waals surface area contributed by atoms with Crippen molar-refractivity contribution in [2.45, 2.75) is 61.1 Å². The predicted molar refractivity (Wildman–Crippen MR) is 75.4 cm³/mol. The Morgan fingerprint density at radius 3 is 2.56 bits per heavy atom. The smallest absolute Gasteiger partial charge is 0.147 e. The van der Waals surface area contributed by atoms with E-state index in [1.165, 1.54) is 0 Å². The Kier molecular flexibility index (Phi) is 5.32. The molecule has 1 unspecified atom stereocenters. The highest BCUT2D eigenvalue weighted by Crippen LogP contribution is 2.30. The van der Waals surface area contributed by atoms with Gasteiger partial charge in [-0.25, -0.2) is 0 Å². The quantitative estimate of drug-likeness (QED) is 0.880. The summed E-state index contributed by atoms with van der Waals surface area (Å²) in [7, 11) is 0. The Balaban J connectivity index is 0.000000771.